The summed E-state index contributed by atoms with van der Waals surface area (Å²) in [6, 6.07) is 0.948. The second-order valence-electron chi connectivity index (χ2n) is 5.03. The third-order valence-electron chi connectivity index (χ3n) is 4.24. The highest BCUT2D eigenvalue weighted by Crippen LogP contribution is 2.25. The minimum Gasteiger partial charge on any atom is -0.300 e. The lowest BCUT2D eigenvalue weighted by atomic mass is 10.2. The molecule has 92 valence electrons. The van der Waals surface area contributed by atoms with E-state index in [9.17, 15) is 4.79 Å². The van der Waals surface area contributed by atoms with E-state index < -0.39 is 0 Å². The maximum absolute atomic E-state index is 11.7. The quantitative estimate of drug-likeness (QED) is 0.723. The molecule has 0 amide bonds. The maximum atomic E-state index is 11.7. The molecule has 1 aliphatic heterocycles. The lowest BCUT2D eigenvalue weighted by Gasteiger charge is -2.27. The molecule has 2 atom stereocenters. The molecular weight excluding hydrogens is 200 g/mol. The Hall–Kier alpha value is -0.410. The van der Waals surface area contributed by atoms with Crippen LogP contribution in [0.5, 0.6) is 0 Å². The van der Waals surface area contributed by atoms with Crippen molar-refractivity contribution < 1.29 is 4.79 Å². The number of hydrogen-bond acceptors (Lipinski definition) is 3. The molecule has 1 saturated carbocycles. The number of rotatable bonds is 4. The molecule has 3 heteroatoms. The smallest absolute Gasteiger partial charge is 0.149 e. The Kier molecular flexibility index (Phi) is 3.98. The normalized spacial score (nSPS) is 31.8. The van der Waals surface area contributed by atoms with E-state index in [1.54, 1.807) is 0 Å². The van der Waals surface area contributed by atoms with Crippen molar-refractivity contribution in [2.45, 2.75) is 51.6 Å². The van der Waals surface area contributed by atoms with Crippen molar-refractivity contribution in [3.8, 4) is 0 Å². The van der Waals surface area contributed by atoms with Crippen LogP contribution in [-0.2, 0) is 4.79 Å². The van der Waals surface area contributed by atoms with E-state index in [1.165, 1.54) is 6.42 Å². The van der Waals surface area contributed by atoms with E-state index in [-0.39, 0.29) is 6.04 Å². The van der Waals surface area contributed by atoms with Crippen LogP contribution in [0, 0.1) is 0 Å². The standard InChI is InChI=1S/C13H24N2O/c1-3-14(4-2)11-8-9-15(10-11)12-6-5-7-13(12)16/h11-12H,3-10H2,1-2H3. The SMILES string of the molecule is CCN(CC)C1CCN(C2CCCC2=O)C1. The lowest BCUT2D eigenvalue weighted by molar-refractivity contribution is -0.121. The zero-order valence-electron chi connectivity index (χ0n) is 10.6. The third-order valence-corrected chi connectivity index (χ3v) is 4.24. The minimum absolute atomic E-state index is 0.264. The van der Waals surface area contributed by atoms with Crippen molar-refractivity contribution >= 4 is 5.78 Å². The number of nitrogens with zero attached hydrogens (tertiary/aromatic N) is 2. The molecule has 1 aliphatic carbocycles. The topological polar surface area (TPSA) is 23.6 Å². The number of carbonyl (C=O) groups is 1. The molecule has 0 aromatic rings. The van der Waals surface area contributed by atoms with Gasteiger partial charge in [-0.25, -0.2) is 0 Å². The van der Waals surface area contributed by atoms with Crippen molar-refractivity contribution in [3.05, 3.63) is 0 Å². The fourth-order valence-electron chi connectivity index (χ4n) is 3.27. The van der Waals surface area contributed by atoms with Gasteiger partial charge in [0.15, 0.2) is 0 Å². The number of carbonyl (C=O) groups excluding carboxylic acids is 1. The van der Waals surface area contributed by atoms with Gasteiger partial charge in [-0.15, -0.1) is 0 Å². The van der Waals surface area contributed by atoms with Crippen LogP contribution in [0.4, 0.5) is 0 Å². The molecule has 0 aromatic carbocycles. The zero-order valence-corrected chi connectivity index (χ0v) is 10.6. The van der Waals surface area contributed by atoms with E-state index in [4.69, 9.17) is 0 Å². The van der Waals surface area contributed by atoms with Gasteiger partial charge in [0.2, 0.25) is 0 Å². The van der Waals surface area contributed by atoms with Crippen LogP contribution < -0.4 is 0 Å². The summed E-state index contributed by atoms with van der Waals surface area (Å²) in [5.41, 5.74) is 0. The lowest BCUT2D eigenvalue weighted by Crippen LogP contribution is -2.41. The molecule has 3 nitrogen and oxygen atoms in total. The Balaban J connectivity index is 1.89. The number of ketones is 1. The fourth-order valence-corrected chi connectivity index (χ4v) is 3.27. The zero-order chi connectivity index (χ0) is 11.5. The molecule has 2 rings (SSSR count). The van der Waals surface area contributed by atoms with Crippen molar-refractivity contribution in [1.29, 1.82) is 0 Å². The molecule has 2 fully saturated rings. The second kappa shape index (κ2) is 5.28. The van der Waals surface area contributed by atoms with Gasteiger partial charge >= 0.3 is 0 Å². The molecule has 0 N–H and O–H groups in total. The molecular formula is C13H24N2O. The predicted molar refractivity (Wildman–Crippen MR) is 65.5 cm³/mol. The second-order valence-corrected chi connectivity index (χ2v) is 5.03. The van der Waals surface area contributed by atoms with Crippen LogP contribution >= 0.6 is 0 Å². The van der Waals surface area contributed by atoms with Gasteiger partial charge in [0.1, 0.15) is 5.78 Å². The molecule has 16 heavy (non-hydrogen) atoms. The first kappa shape index (κ1) is 12.1. The molecule has 2 aliphatic rings. The average molecular weight is 224 g/mol. The van der Waals surface area contributed by atoms with Gasteiger partial charge in [-0.3, -0.25) is 14.6 Å². The fraction of sp³-hybridized carbons (Fsp3) is 0.923. The van der Waals surface area contributed by atoms with Crippen LogP contribution in [-0.4, -0.2) is 53.8 Å². The van der Waals surface area contributed by atoms with Crippen molar-refractivity contribution in [2.24, 2.45) is 0 Å². The minimum atomic E-state index is 0.264. The summed E-state index contributed by atoms with van der Waals surface area (Å²) < 4.78 is 0. The Morgan fingerprint density at radius 2 is 2.06 bits per heavy atom. The van der Waals surface area contributed by atoms with Gasteiger partial charge in [0.25, 0.3) is 0 Å². The van der Waals surface area contributed by atoms with Crippen LogP contribution in [0.1, 0.15) is 39.5 Å². The molecule has 0 aromatic heterocycles. The average Bonchev–Trinajstić information content (AvgIpc) is 2.89. The van der Waals surface area contributed by atoms with Crippen LogP contribution in [0.3, 0.4) is 0 Å². The highest BCUT2D eigenvalue weighted by atomic mass is 16.1. The van der Waals surface area contributed by atoms with E-state index in [0.29, 0.717) is 11.8 Å². The van der Waals surface area contributed by atoms with Crippen molar-refractivity contribution in [3.63, 3.8) is 0 Å². The molecule has 1 heterocycles. The summed E-state index contributed by atoms with van der Waals surface area (Å²) in [4.78, 5) is 16.7. The number of likely N-dealkylation sites (tertiary alicyclic amines) is 1. The monoisotopic (exact) mass is 224 g/mol. The van der Waals surface area contributed by atoms with E-state index in [0.717, 1.165) is 45.4 Å². The van der Waals surface area contributed by atoms with E-state index in [1.807, 2.05) is 0 Å². The maximum Gasteiger partial charge on any atom is 0.149 e. The largest absolute Gasteiger partial charge is 0.300 e. The number of hydrogen-bond donors (Lipinski definition) is 0. The Morgan fingerprint density at radius 3 is 2.62 bits per heavy atom. The number of likely N-dealkylation sites (N-methyl/N-ethyl adjacent to an activating group) is 1. The summed E-state index contributed by atoms with van der Waals surface area (Å²) in [5.74, 6) is 0.486. The summed E-state index contributed by atoms with van der Waals surface area (Å²) in [5, 5.41) is 0. The van der Waals surface area contributed by atoms with Gasteiger partial charge in [0, 0.05) is 25.6 Å². The molecule has 2 unspecified atom stereocenters. The van der Waals surface area contributed by atoms with Crippen LogP contribution in [0.15, 0.2) is 0 Å². The van der Waals surface area contributed by atoms with Crippen molar-refractivity contribution in [1.82, 2.24) is 9.80 Å². The Bertz CT molecular complexity index is 250. The summed E-state index contributed by atoms with van der Waals surface area (Å²) >= 11 is 0. The van der Waals surface area contributed by atoms with Crippen LogP contribution in [0.2, 0.25) is 0 Å². The first-order valence-corrected chi connectivity index (χ1v) is 6.77. The Morgan fingerprint density at radius 1 is 1.31 bits per heavy atom. The molecule has 0 spiro atoms. The first-order valence-electron chi connectivity index (χ1n) is 6.77. The highest BCUT2D eigenvalue weighted by molar-refractivity contribution is 5.85. The predicted octanol–water partition coefficient (Wildman–Crippen LogP) is 1.52. The Labute approximate surface area is 98.8 Å². The number of Topliss-reactive ketones (excluding diaryl/α,β-unsaturated/α-hetero) is 1. The molecule has 0 bridgehead atoms. The molecule has 1 saturated heterocycles. The summed E-state index contributed by atoms with van der Waals surface area (Å²) in [7, 11) is 0. The van der Waals surface area contributed by atoms with E-state index in [2.05, 4.69) is 23.6 Å². The van der Waals surface area contributed by atoms with Crippen LogP contribution in [0.25, 0.3) is 0 Å². The van der Waals surface area contributed by atoms with Gasteiger partial charge in [-0.1, -0.05) is 13.8 Å². The first-order chi connectivity index (χ1) is 7.76. The summed E-state index contributed by atoms with van der Waals surface area (Å²) in [6.45, 7) is 8.96. The van der Waals surface area contributed by atoms with Gasteiger partial charge in [0.05, 0.1) is 6.04 Å². The summed E-state index contributed by atoms with van der Waals surface area (Å²) in [6.07, 6.45) is 4.27. The molecule has 0 radical (unpaired) electrons. The highest BCUT2D eigenvalue weighted by Gasteiger charge is 2.35. The van der Waals surface area contributed by atoms with Gasteiger partial charge in [-0.2, -0.15) is 0 Å². The van der Waals surface area contributed by atoms with E-state index >= 15 is 0 Å². The van der Waals surface area contributed by atoms with Gasteiger partial charge < -0.3 is 0 Å². The van der Waals surface area contributed by atoms with Gasteiger partial charge in [-0.05, 0) is 32.4 Å². The third kappa shape index (κ3) is 2.30. The van der Waals surface area contributed by atoms with Crippen molar-refractivity contribution in [2.75, 3.05) is 26.2 Å².